The number of halogens is 1. The van der Waals surface area contributed by atoms with Crippen LogP contribution in [0.2, 0.25) is 0 Å². The Morgan fingerprint density at radius 3 is 2.71 bits per heavy atom. The minimum atomic E-state index is -0.642. The zero-order chi connectivity index (χ0) is 21.7. The number of nitrogens with one attached hydrogen (secondary N) is 1. The van der Waals surface area contributed by atoms with E-state index in [1.165, 1.54) is 17.0 Å². The molecular weight excluding hydrogens is 405 g/mol. The highest BCUT2D eigenvalue weighted by molar-refractivity contribution is 6.09. The molecule has 2 aliphatic heterocycles. The maximum atomic E-state index is 14.5. The van der Waals surface area contributed by atoms with Crippen LogP contribution in [0.25, 0.3) is 0 Å². The van der Waals surface area contributed by atoms with Crippen molar-refractivity contribution >= 4 is 29.1 Å². The largest absolute Gasteiger partial charge is 0.489 e. The molecule has 0 spiro atoms. The van der Waals surface area contributed by atoms with Gasteiger partial charge in [-0.15, -0.1) is 0 Å². The van der Waals surface area contributed by atoms with Gasteiger partial charge in [-0.25, -0.2) is 4.39 Å². The van der Waals surface area contributed by atoms with Crippen molar-refractivity contribution in [2.45, 2.75) is 31.2 Å². The highest BCUT2D eigenvalue weighted by atomic mass is 19.1. The van der Waals surface area contributed by atoms with Gasteiger partial charge < -0.3 is 20.5 Å². The fourth-order valence-corrected chi connectivity index (χ4v) is 4.04. The summed E-state index contributed by atoms with van der Waals surface area (Å²) in [6.45, 7) is -0.0813. The zero-order valence-electron chi connectivity index (χ0n) is 16.5. The van der Waals surface area contributed by atoms with Crippen molar-refractivity contribution in [3.05, 3.63) is 47.3 Å². The molecule has 8 nitrogen and oxygen atoms in total. The maximum Gasteiger partial charge on any atom is 0.262 e. The minimum absolute atomic E-state index is 0.00861. The molecule has 5 rings (SSSR count). The number of nitrogens with zero attached hydrogens (tertiary/aromatic N) is 1. The van der Waals surface area contributed by atoms with Crippen molar-refractivity contribution in [1.29, 1.82) is 0 Å². The predicted molar refractivity (Wildman–Crippen MR) is 109 cm³/mol. The van der Waals surface area contributed by atoms with Crippen LogP contribution in [0.4, 0.5) is 15.8 Å². The molecule has 31 heavy (non-hydrogen) atoms. The van der Waals surface area contributed by atoms with Gasteiger partial charge in [0.1, 0.15) is 23.9 Å². The first-order chi connectivity index (χ1) is 14.9. The van der Waals surface area contributed by atoms with E-state index in [0.29, 0.717) is 22.7 Å². The van der Waals surface area contributed by atoms with Gasteiger partial charge in [-0.05, 0) is 48.6 Å². The van der Waals surface area contributed by atoms with E-state index in [4.69, 9.17) is 15.2 Å². The molecule has 1 fully saturated rings. The van der Waals surface area contributed by atoms with Gasteiger partial charge in [-0.2, -0.15) is 0 Å². The summed E-state index contributed by atoms with van der Waals surface area (Å²) in [5.41, 5.74) is 7.02. The Morgan fingerprint density at radius 2 is 1.97 bits per heavy atom. The van der Waals surface area contributed by atoms with E-state index in [1.807, 2.05) is 0 Å². The maximum absolute atomic E-state index is 14.5. The van der Waals surface area contributed by atoms with Crippen molar-refractivity contribution in [1.82, 2.24) is 0 Å². The Morgan fingerprint density at radius 1 is 1.16 bits per heavy atom. The number of rotatable bonds is 4. The molecule has 1 aliphatic carbocycles. The normalized spacial score (nSPS) is 19.5. The number of ether oxygens (including phenoxy) is 2. The Kier molecular flexibility index (Phi) is 4.53. The predicted octanol–water partition coefficient (Wildman–Crippen LogP) is 2.32. The fourth-order valence-electron chi connectivity index (χ4n) is 4.04. The van der Waals surface area contributed by atoms with Crippen LogP contribution in [0, 0.1) is 5.82 Å². The Labute approximate surface area is 177 Å². The number of hydrogen-bond donors (Lipinski definition) is 2. The second-order valence-corrected chi connectivity index (χ2v) is 7.97. The first kappa shape index (κ1) is 19.3. The quantitative estimate of drug-likeness (QED) is 0.781. The summed E-state index contributed by atoms with van der Waals surface area (Å²) in [7, 11) is 0. The fraction of sp³-hybridized carbons (Fsp3) is 0.318. The third kappa shape index (κ3) is 3.56. The number of carbonyl (C=O) groups is 3. The molecule has 3 amide bonds. The lowest BCUT2D eigenvalue weighted by Gasteiger charge is -2.37. The second-order valence-electron chi connectivity index (χ2n) is 7.97. The third-order valence-electron chi connectivity index (χ3n) is 5.67. The van der Waals surface area contributed by atoms with Crippen LogP contribution >= 0.6 is 0 Å². The summed E-state index contributed by atoms with van der Waals surface area (Å²) in [4.78, 5) is 38.3. The number of fused-ring (bicyclic) bond motifs is 2. The number of benzene rings is 2. The molecule has 2 aromatic carbocycles. The zero-order valence-corrected chi connectivity index (χ0v) is 16.5. The van der Waals surface area contributed by atoms with Gasteiger partial charge in [0, 0.05) is 11.6 Å². The summed E-state index contributed by atoms with van der Waals surface area (Å²) in [5.74, 6) is -0.844. The summed E-state index contributed by atoms with van der Waals surface area (Å²) in [5, 5.41) is 2.68. The molecule has 0 saturated heterocycles. The van der Waals surface area contributed by atoms with Gasteiger partial charge in [0.15, 0.2) is 6.61 Å². The van der Waals surface area contributed by atoms with Crippen LogP contribution in [0.3, 0.4) is 0 Å². The lowest BCUT2D eigenvalue weighted by atomic mass is 10.0. The molecule has 2 heterocycles. The van der Waals surface area contributed by atoms with E-state index >= 15 is 0 Å². The van der Waals surface area contributed by atoms with Crippen LogP contribution in [0.5, 0.6) is 11.5 Å². The van der Waals surface area contributed by atoms with Gasteiger partial charge in [0.25, 0.3) is 11.8 Å². The van der Waals surface area contributed by atoms with Crippen molar-refractivity contribution in [3.8, 4) is 11.5 Å². The topological polar surface area (TPSA) is 111 Å². The Hall–Kier alpha value is -3.62. The van der Waals surface area contributed by atoms with Crippen molar-refractivity contribution in [3.63, 3.8) is 0 Å². The monoisotopic (exact) mass is 425 g/mol. The number of nitrogens with two attached hydrogens (primary N) is 1. The first-order valence-electron chi connectivity index (χ1n) is 10.1. The molecule has 1 saturated carbocycles. The van der Waals surface area contributed by atoms with Gasteiger partial charge in [-0.1, -0.05) is 0 Å². The van der Waals surface area contributed by atoms with E-state index in [2.05, 4.69) is 5.32 Å². The van der Waals surface area contributed by atoms with Crippen LogP contribution in [0.1, 0.15) is 41.1 Å². The number of hydrogen-bond acceptors (Lipinski definition) is 5. The molecule has 3 N–H and O–H groups in total. The molecule has 0 radical (unpaired) electrons. The second kappa shape index (κ2) is 7.26. The van der Waals surface area contributed by atoms with Crippen LogP contribution in [-0.2, 0) is 9.59 Å². The van der Waals surface area contributed by atoms with Gasteiger partial charge >= 0.3 is 0 Å². The van der Waals surface area contributed by atoms with Crippen LogP contribution in [0.15, 0.2) is 30.3 Å². The van der Waals surface area contributed by atoms with E-state index in [9.17, 15) is 18.8 Å². The Bertz CT molecular complexity index is 1110. The minimum Gasteiger partial charge on any atom is -0.489 e. The number of amides is 3. The highest BCUT2D eigenvalue weighted by Crippen LogP contribution is 2.46. The molecular formula is C22H20FN3O5. The van der Waals surface area contributed by atoms with Gasteiger partial charge in [0.2, 0.25) is 5.91 Å². The first-order valence-corrected chi connectivity index (χ1v) is 10.1. The average molecular weight is 425 g/mol. The highest BCUT2D eigenvalue weighted by Gasteiger charge is 2.37. The number of anilines is 2. The summed E-state index contributed by atoms with van der Waals surface area (Å²) < 4.78 is 25.6. The van der Waals surface area contributed by atoms with Gasteiger partial charge in [0.05, 0.1) is 23.8 Å². The number of carbonyl (C=O) groups excluding carboxylic acids is 3. The molecule has 160 valence electrons. The molecule has 9 heteroatoms. The molecule has 0 bridgehead atoms. The van der Waals surface area contributed by atoms with Crippen molar-refractivity contribution in [2.75, 3.05) is 23.4 Å². The SMILES string of the molecule is NC(=O)C[C@H]1COc2cc(F)c(C3CC3)cc2N1C(=O)c1ccc2c(c1)NC(=O)CO2. The summed E-state index contributed by atoms with van der Waals surface area (Å²) >= 11 is 0. The van der Waals surface area contributed by atoms with Crippen molar-refractivity contribution < 1.29 is 28.2 Å². The standard InChI is InChI=1S/C22H20FN3O5/c23-15-8-19-17(7-14(15)11-1-2-11)26(13(9-30-19)6-20(24)27)22(29)12-3-4-18-16(5-12)25-21(28)10-31-18/h3-5,7-8,11,13H,1-2,6,9-10H2,(H2,24,27)(H,25,28)/t13-/m0/s1. The van der Waals surface area contributed by atoms with E-state index < -0.39 is 17.9 Å². The molecule has 2 aromatic rings. The molecule has 1 atom stereocenters. The molecule has 3 aliphatic rings. The summed E-state index contributed by atoms with van der Waals surface area (Å²) in [6, 6.07) is 7.00. The average Bonchev–Trinajstić information content (AvgIpc) is 3.57. The van der Waals surface area contributed by atoms with Crippen LogP contribution in [-0.4, -0.2) is 37.0 Å². The third-order valence-corrected chi connectivity index (χ3v) is 5.67. The number of primary amides is 1. The van der Waals surface area contributed by atoms with Crippen molar-refractivity contribution in [2.24, 2.45) is 5.73 Å². The van der Waals surface area contributed by atoms with E-state index in [0.717, 1.165) is 12.8 Å². The lowest BCUT2D eigenvalue weighted by molar-refractivity contribution is -0.119. The Balaban J connectivity index is 1.57. The lowest BCUT2D eigenvalue weighted by Crippen LogP contribution is -2.48. The van der Waals surface area contributed by atoms with E-state index in [1.54, 1.807) is 18.2 Å². The smallest absolute Gasteiger partial charge is 0.262 e. The van der Waals surface area contributed by atoms with E-state index in [-0.39, 0.29) is 48.6 Å². The molecule has 0 unspecified atom stereocenters. The molecule has 0 aromatic heterocycles. The van der Waals surface area contributed by atoms with Crippen LogP contribution < -0.4 is 25.4 Å². The van der Waals surface area contributed by atoms with Gasteiger partial charge in [-0.3, -0.25) is 19.3 Å². The summed E-state index contributed by atoms with van der Waals surface area (Å²) in [6.07, 6.45) is 1.67.